The summed E-state index contributed by atoms with van der Waals surface area (Å²) in [6, 6.07) is 5.34. The fraction of sp³-hybridized carbons (Fsp3) is 0.500. The Morgan fingerprint density at radius 1 is 1.21 bits per heavy atom. The molecular weight excluding hydrogens is 262 g/mol. The van der Waals surface area contributed by atoms with Crippen LogP contribution in [-0.2, 0) is 26.6 Å². The molecule has 0 aromatic heterocycles. The number of sulfone groups is 1. The number of nitrogens with zero attached hydrogens (tertiary/aromatic N) is 1. The summed E-state index contributed by atoms with van der Waals surface area (Å²) >= 11 is 0. The molecule has 19 heavy (non-hydrogen) atoms. The maximum Gasteiger partial charge on any atom is 0.235 e. The van der Waals surface area contributed by atoms with Crippen molar-refractivity contribution in [3.05, 3.63) is 29.3 Å². The number of benzene rings is 1. The molecule has 0 N–H and O–H groups in total. The molecule has 0 unspecified atom stereocenters. The Bertz CT molecular complexity index is 666. The third kappa shape index (κ3) is 1.85. The van der Waals surface area contributed by atoms with E-state index < -0.39 is 15.4 Å². The molecule has 1 heterocycles. The van der Waals surface area contributed by atoms with E-state index in [0.717, 1.165) is 36.8 Å². The summed E-state index contributed by atoms with van der Waals surface area (Å²) < 4.78 is 23.9. The Hall–Kier alpha value is -1.45. The van der Waals surface area contributed by atoms with Crippen molar-refractivity contribution in [1.29, 1.82) is 0 Å². The number of hydrogen-bond acceptors (Lipinski definition) is 4. The molecule has 1 aromatic carbocycles. The van der Waals surface area contributed by atoms with Crippen molar-refractivity contribution in [2.45, 2.75) is 42.5 Å². The Morgan fingerprint density at radius 3 is 2.63 bits per heavy atom. The third-order valence-electron chi connectivity index (χ3n) is 4.28. The van der Waals surface area contributed by atoms with Crippen LogP contribution in [0.25, 0.3) is 0 Å². The second kappa shape index (κ2) is 4.29. The van der Waals surface area contributed by atoms with Crippen LogP contribution in [0.3, 0.4) is 0 Å². The quantitative estimate of drug-likeness (QED) is 0.614. The van der Waals surface area contributed by atoms with Gasteiger partial charge in [0.2, 0.25) is 6.08 Å². The van der Waals surface area contributed by atoms with Crippen LogP contribution >= 0.6 is 0 Å². The number of fused-ring (bicyclic) bond motifs is 1. The highest BCUT2D eigenvalue weighted by Crippen LogP contribution is 2.45. The molecule has 0 bridgehead atoms. The smallest absolute Gasteiger partial charge is 0.224 e. The molecule has 2 aliphatic rings. The summed E-state index contributed by atoms with van der Waals surface area (Å²) in [6.07, 6.45) is 5.86. The van der Waals surface area contributed by atoms with E-state index in [2.05, 4.69) is 4.99 Å². The summed E-state index contributed by atoms with van der Waals surface area (Å²) in [5, 5.41) is 0. The summed E-state index contributed by atoms with van der Waals surface area (Å²) in [5.41, 5.74) is 1.25. The molecule has 0 spiro atoms. The van der Waals surface area contributed by atoms with Gasteiger partial charge in [-0.2, -0.15) is 4.99 Å². The standard InChI is InChI=1S/C14H15NO3S/c16-10-15-14(7-1-2-8-14)12-4-3-5-13-11(12)6-9-19(13,17)18/h3-5H,1-2,6-9H2. The zero-order valence-electron chi connectivity index (χ0n) is 10.6. The first-order valence-corrected chi connectivity index (χ1v) is 8.18. The minimum Gasteiger partial charge on any atom is -0.224 e. The molecule has 1 saturated carbocycles. The van der Waals surface area contributed by atoms with Gasteiger partial charge in [0.15, 0.2) is 9.84 Å². The van der Waals surface area contributed by atoms with Crippen LogP contribution in [0.4, 0.5) is 0 Å². The molecule has 0 atom stereocenters. The molecule has 0 amide bonds. The van der Waals surface area contributed by atoms with E-state index >= 15 is 0 Å². The Morgan fingerprint density at radius 2 is 1.95 bits per heavy atom. The van der Waals surface area contributed by atoms with Crippen molar-refractivity contribution < 1.29 is 13.2 Å². The van der Waals surface area contributed by atoms with Gasteiger partial charge in [-0.25, -0.2) is 13.2 Å². The Labute approximate surface area is 112 Å². The Kier molecular flexibility index (Phi) is 2.84. The SMILES string of the molecule is O=C=NC1(c2cccc3c2CCS3(=O)=O)CCCC1. The minimum absolute atomic E-state index is 0.167. The number of aliphatic imine (C=N–C) groups is 1. The highest BCUT2D eigenvalue weighted by molar-refractivity contribution is 7.91. The zero-order valence-corrected chi connectivity index (χ0v) is 11.4. The van der Waals surface area contributed by atoms with Crippen molar-refractivity contribution in [2.24, 2.45) is 4.99 Å². The van der Waals surface area contributed by atoms with Crippen LogP contribution in [0.15, 0.2) is 28.1 Å². The van der Waals surface area contributed by atoms with Gasteiger partial charge in [-0.3, -0.25) is 0 Å². The number of isocyanates is 1. The molecule has 4 nitrogen and oxygen atoms in total. The topological polar surface area (TPSA) is 63.6 Å². The molecular formula is C14H15NO3S. The van der Waals surface area contributed by atoms with E-state index in [4.69, 9.17) is 0 Å². The summed E-state index contributed by atoms with van der Waals surface area (Å²) in [4.78, 5) is 15.2. The van der Waals surface area contributed by atoms with Crippen molar-refractivity contribution in [1.82, 2.24) is 0 Å². The van der Waals surface area contributed by atoms with E-state index in [1.54, 1.807) is 18.2 Å². The lowest BCUT2D eigenvalue weighted by molar-refractivity contribution is 0.451. The van der Waals surface area contributed by atoms with Gasteiger partial charge in [0.25, 0.3) is 0 Å². The first-order valence-electron chi connectivity index (χ1n) is 6.53. The molecule has 1 aliphatic heterocycles. The normalized spacial score (nSPS) is 22.7. The number of hydrogen-bond donors (Lipinski definition) is 0. The third-order valence-corrected chi connectivity index (χ3v) is 6.07. The predicted molar refractivity (Wildman–Crippen MR) is 70.5 cm³/mol. The lowest BCUT2D eigenvalue weighted by Crippen LogP contribution is -2.21. The van der Waals surface area contributed by atoms with Crippen molar-refractivity contribution in [2.75, 3.05) is 5.75 Å². The van der Waals surface area contributed by atoms with Gasteiger partial charge >= 0.3 is 0 Å². The summed E-state index contributed by atoms with van der Waals surface area (Å²) in [7, 11) is -3.14. The van der Waals surface area contributed by atoms with Gasteiger partial charge in [-0.15, -0.1) is 0 Å². The van der Waals surface area contributed by atoms with Gasteiger partial charge < -0.3 is 0 Å². The molecule has 1 aromatic rings. The largest absolute Gasteiger partial charge is 0.235 e. The van der Waals surface area contributed by atoms with Gasteiger partial charge in [0.05, 0.1) is 16.2 Å². The molecule has 3 rings (SSSR count). The highest BCUT2D eigenvalue weighted by atomic mass is 32.2. The number of rotatable bonds is 2. The van der Waals surface area contributed by atoms with Crippen LogP contribution in [0.1, 0.15) is 36.8 Å². The molecule has 0 saturated heterocycles. The molecule has 1 aliphatic carbocycles. The average molecular weight is 277 g/mol. The van der Waals surface area contributed by atoms with Crippen molar-refractivity contribution in [3.63, 3.8) is 0 Å². The fourth-order valence-electron chi connectivity index (χ4n) is 3.39. The lowest BCUT2D eigenvalue weighted by atomic mass is 9.85. The molecule has 1 fully saturated rings. The van der Waals surface area contributed by atoms with Gasteiger partial charge in [0, 0.05) is 0 Å². The van der Waals surface area contributed by atoms with Crippen molar-refractivity contribution >= 4 is 15.9 Å². The van der Waals surface area contributed by atoms with Crippen LogP contribution in [0.5, 0.6) is 0 Å². The zero-order chi connectivity index (χ0) is 13.5. The van der Waals surface area contributed by atoms with Gasteiger partial charge in [-0.05, 0) is 36.5 Å². The van der Waals surface area contributed by atoms with E-state index in [1.165, 1.54) is 0 Å². The lowest BCUT2D eigenvalue weighted by Gasteiger charge is -2.25. The maximum absolute atomic E-state index is 12.0. The molecule has 100 valence electrons. The summed E-state index contributed by atoms with van der Waals surface area (Å²) in [5.74, 6) is 0.167. The summed E-state index contributed by atoms with van der Waals surface area (Å²) in [6.45, 7) is 0. The molecule has 5 heteroatoms. The fourth-order valence-corrected chi connectivity index (χ4v) is 4.95. The van der Waals surface area contributed by atoms with Crippen LogP contribution < -0.4 is 0 Å². The maximum atomic E-state index is 12.0. The molecule has 0 radical (unpaired) electrons. The average Bonchev–Trinajstić information content (AvgIpc) is 2.97. The first-order chi connectivity index (χ1) is 9.09. The first kappa shape index (κ1) is 12.6. The van der Waals surface area contributed by atoms with E-state index in [9.17, 15) is 13.2 Å². The predicted octanol–water partition coefficient (Wildman–Crippen LogP) is 2.12. The second-order valence-corrected chi connectivity index (χ2v) is 7.37. The van der Waals surface area contributed by atoms with E-state index in [0.29, 0.717) is 11.3 Å². The van der Waals surface area contributed by atoms with Crippen LogP contribution in [-0.4, -0.2) is 20.3 Å². The number of carbonyl (C=O) groups excluding carboxylic acids is 1. The van der Waals surface area contributed by atoms with Crippen LogP contribution in [0, 0.1) is 0 Å². The monoisotopic (exact) mass is 277 g/mol. The van der Waals surface area contributed by atoms with Crippen molar-refractivity contribution in [3.8, 4) is 0 Å². The highest BCUT2D eigenvalue weighted by Gasteiger charge is 2.40. The van der Waals surface area contributed by atoms with Gasteiger partial charge in [-0.1, -0.05) is 25.0 Å². The van der Waals surface area contributed by atoms with Gasteiger partial charge in [0.1, 0.15) is 0 Å². The van der Waals surface area contributed by atoms with E-state index in [1.807, 2.05) is 6.07 Å². The minimum atomic E-state index is -3.14. The van der Waals surface area contributed by atoms with Crippen LogP contribution in [0.2, 0.25) is 0 Å². The Balaban J connectivity index is 2.22. The van der Waals surface area contributed by atoms with E-state index in [-0.39, 0.29) is 5.75 Å². The second-order valence-electron chi connectivity index (χ2n) is 5.29.